The zero-order valence-electron chi connectivity index (χ0n) is 15.0. The highest BCUT2D eigenvalue weighted by Crippen LogP contribution is 2.29. The number of aromatic nitrogens is 1. The Morgan fingerprint density at radius 1 is 1.37 bits per heavy atom. The molecule has 0 aliphatic carbocycles. The fourth-order valence-electron chi connectivity index (χ4n) is 3.35. The first-order chi connectivity index (χ1) is 13.0. The van der Waals surface area contributed by atoms with Crippen molar-refractivity contribution < 1.29 is 14.3 Å². The SMILES string of the molecule is C=C(C)C(=O)N1CC[C@H](Oc2nc(C3NNC(=O)N3)cc3ccccc23)C1. The molecule has 27 heavy (non-hydrogen) atoms. The van der Waals surface area contributed by atoms with Gasteiger partial charge in [-0.25, -0.2) is 15.2 Å². The summed E-state index contributed by atoms with van der Waals surface area (Å²) in [5.74, 6) is 0.456. The molecule has 0 radical (unpaired) electrons. The third-order valence-corrected chi connectivity index (χ3v) is 4.70. The second-order valence-electron chi connectivity index (χ2n) is 6.81. The van der Waals surface area contributed by atoms with Crippen LogP contribution in [0.4, 0.5) is 4.79 Å². The first-order valence-corrected chi connectivity index (χ1v) is 8.84. The quantitative estimate of drug-likeness (QED) is 0.714. The average molecular weight is 367 g/mol. The smallest absolute Gasteiger partial charge is 0.330 e. The topological polar surface area (TPSA) is 95.6 Å². The number of nitrogens with one attached hydrogen (secondary N) is 3. The molecule has 1 aromatic heterocycles. The van der Waals surface area contributed by atoms with Gasteiger partial charge < -0.3 is 15.0 Å². The van der Waals surface area contributed by atoms with Crippen molar-refractivity contribution in [3.63, 3.8) is 0 Å². The molecule has 4 rings (SSSR count). The summed E-state index contributed by atoms with van der Waals surface area (Å²) in [7, 11) is 0. The number of pyridine rings is 1. The van der Waals surface area contributed by atoms with E-state index in [2.05, 4.69) is 27.7 Å². The maximum Gasteiger partial charge on any atom is 0.330 e. The minimum Gasteiger partial charge on any atom is -0.472 e. The van der Waals surface area contributed by atoms with Gasteiger partial charge in [-0.2, -0.15) is 0 Å². The number of amides is 3. The molecular formula is C19H21N5O3. The van der Waals surface area contributed by atoms with Gasteiger partial charge in [-0.15, -0.1) is 0 Å². The molecule has 0 spiro atoms. The number of carbonyl (C=O) groups is 2. The first kappa shape index (κ1) is 17.3. The Balaban J connectivity index is 1.60. The standard InChI is InChI=1S/C19H21N5O3/c1-11(2)18(25)24-8-7-13(10-24)27-17-14-6-4-3-5-12(14)9-15(20-17)16-21-19(26)23-22-16/h3-6,9,13,16,22H,1,7-8,10H2,2H3,(H2,21,23,26)/t13-,16?/m0/s1. The summed E-state index contributed by atoms with van der Waals surface area (Å²) < 4.78 is 6.18. The van der Waals surface area contributed by atoms with Crippen LogP contribution in [-0.2, 0) is 4.79 Å². The summed E-state index contributed by atoms with van der Waals surface area (Å²) in [6.07, 6.45) is 0.164. The monoisotopic (exact) mass is 367 g/mol. The van der Waals surface area contributed by atoms with Crippen LogP contribution in [0.2, 0.25) is 0 Å². The van der Waals surface area contributed by atoms with E-state index in [1.165, 1.54) is 0 Å². The number of hydrazine groups is 1. The van der Waals surface area contributed by atoms with Crippen LogP contribution < -0.4 is 20.9 Å². The van der Waals surface area contributed by atoms with Crippen molar-refractivity contribution in [2.45, 2.75) is 25.6 Å². The molecule has 1 unspecified atom stereocenters. The van der Waals surface area contributed by atoms with Crippen LogP contribution in [0.25, 0.3) is 10.8 Å². The molecule has 0 saturated carbocycles. The van der Waals surface area contributed by atoms with Gasteiger partial charge in [0.05, 0.1) is 12.2 Å². The Hall–Kier alpha value is -3.13. The molecule has 2 aromatic rings. The Morgan fingerprint density at radius 2 is 2.19 bits per heavy atom. The van der Waals surface area contributed by atoms with E-state index in [1.54, 1.807) is 11.8 Å². The molecule has 3 amide bonds. The van der Waals surface area contributed by atoms with Crippen LogP contribution in [0.3, 0.4) is 0 Å². The summed E-state index contributed by atoms with van der Waals surface area (Å²) in [5, 5.41) is 4.61. The summed E-state index contributed by atoms with van der Waals surface area (Å²) in [6, 6.07) is 9.41. The summed E-state index contributed by atoms with van der Waals surface area (Å²) in [6.45, 7) is 6.58. The summed E-state index contributed by atoms with van der Waals surface area (Å²) >= 11 is 0. The highest BCUT2D eigenvalue weighted by atomic mass is 16.5. The molecule has 0 bridgehead atoms. The van der Waals surface area contributed by atoms with E-state index >= 15 is 0 Å². The lowest BCUT2D eigenvalue weighted by Gasteiger charge is -2.19. The lowest BCUT2D eigenvalue weighted by molar-refractivity contribution is -0.126. The Labute approximate surface area is 156 Å². The largest absolute Gasteiger partial charge is 0.472 e. The normalized spacial score (nSPS) is 21.8. The predicted octanol–water partition coefficient (Wildman–Crippen LogP) is 1.61. The minimum absolute atomic E-state index is 0.0448. The van der Waals surface area contributed by atoms with Crippen molar-refractivity contribution in [2.75, 3.05) is 13.1 Å². The highest BCUT2D eigenvalue weighted by molar-refractivity contribution is 5.92. The van der Waals surface area contributed by atoms with Gasteiger partial charge in [-0.1, -0.05) is 24.8 Å². The van der Waals surface area contributed by atoms with E-state index in [4.69, 9.17) is 4.74 Å². The van der Waals surface area contributed by atoms with Gasteiger partial charge in [0.25, 0.3) is 0 Å². The predicted molar refractivity (Wildman–Crippen MR) is 99.7 cm³/mol. The average Bonchev–Trinajstić information content (AvgIpc) is 3.30. The second kappa shape index (κ2) is 6.88. The summed E-state index contributed by atoms with van der Waals surface area (Å²) in [5.41, 5.74) is 6.53. The molecule has 3 N–H and O–H groups in total. The molecule has 2 atom stereocenters. The van der Waals surface area contributed by atoms with Gasteiger partial charge in [0.15, 0.2) is 0 Å². The molecule has 8 nitrogen and oxygen atoms in total. The fourth-order valence-corrected chi connectivity index (χ4v) is 3.35. The molecule has 2 fully saturated rings. The number of likely N-dealkylation sites (tertiary alicyclic amines) is 1. The van der Waals surface area contributed by atoms with E-state index in [0.29, 0.717) is 30.2 Å². The number of benzene rings is 1. The lowest BCUT2D eigenvalue weighted by Crippen LogP contribution is -2.31. The van der Waals surface area contributed by atoms with E-state index in [9.17, 15) is 9.59 Å². The number of carbonyl (C=O) groups excluding carboxylic acids is 2. The van der Waals surface area contributed by atoms with Gasteiger partial charge in [0, 0.05) is 23.9 Å². The molecule has 2 aliphatic heterocycles. The Morgan fingerprint density at radius 3 is 2.93 bits per heavy atom. The van der Waals surface area contributed by atoms with Gasteiger partial charge >= 0.3 is 6.03 Å². The molecule has 3 heterocycles. The molecule has 1 aromatic carbocycles. The number of ether oxygens (including phenoxy) is 1. The van der Waals surface area contributed by atoms with E-state index < -0.39 is 6.17 Å². The summed E-state index contributed by atoms with van der Waals surface area (Å²) in [4.78, 5) is 29.9. The number of nitrogens with zero attached hydrogens (tertiary/aromatic N) is 2. The van der Waals surface area contributed by atoms with Gasteiger partial charge in [0.2, 0.25) is 11.8 Å². The van der Waals surface area contributed by atoms with Crippen molar-refractivity contribution in [3.8, 4) is 5.88 Å². The second-order valence-corrected chi connectivity index (χ2v) is 6.81. The van der Waals surface area contributed by atoms with Gasteiger partial charge in [0.1, 0.15) is 12.3 Å². The zero-order valence-corrected chi connectivity index (χ0v) is 15.0. The van der Waals surface area contributed by atoms with Crippen molar-refractivity contribution >= 4 is 22.7 Å². The number of hydrogen-bond donors (Lipinski definition) is 3. The van der Waals surface area contributed by atoms with Crippen molar-refractivity contribution in [1.29, 1.82) is 0 Å². The third kappa shape index (κ3) is 3.43. The maximum atomic E-state index is 12.1. The number of hydrogen-bond acceptors (Lipinski definition) is 5. The Bertz CT molecular complexity index is 929. The lowest BCUT2D eigenvalue weighted by atomic mass is 10.1. The molecule has 2 saturated heterocycles. The molecular weight excluding hydrogens is 346 g/mol. The van der Waals surface area contributed by atoms with Crippen LogP contribution in [0.5, 0.6) is 5.88 Å². The molecule has 2 aliphatic rings. The third-order valence-electron chi connectivity index (χ3n) is 4.70. The van der Waals surface area contributed by atoms with Crippen LogP contribution in [0.15, 0.2) is 42.5 Å². The Kier molecular flexibility index (Phi) is 4.41. The maximum absolute atomic E-state index is 12.1. The van der Waals surface area contributed by atoms with Crippen molar-refractivity contribution in [3.05, 3.63) is 48.2 Å². The molecule has 8 heteroatoms. The minimum atomic E-state index is -0.436. The number of rotatable bonds is 4. The number of urea groups is 1. The van der Waals surface area contributed by atoms with Gasteiger partial charge in [-0.05, 0) is 24.4 Å². The van der Waals surface area contributed by atoms with E-state index in [-0.39, 0.29) is 18.0 Å². The molecule has 140 valence electrons. The van der Waals surface area contributed by atoms with Crippen LogP contribution in [0.1, 0.15) is 25.2 Å². The van der Waals surface area contributed by atoms with E-state index in [1.807, 2.05) is 30.3 Å². The van der Waals surface area contributed by atoms with Gasteiger partial charge in [-0.3, -0.25) is 10.2 Å². The van der Waals surface area contributed by atoms with Crippen molar-refractivity contribution in [1.82, 2.24) is 26.1 Å². The zero-order chi connectivity index (χ0) is 19.0. The van der Waals surface area contributed by atoms with Crippen LogP contribution in [-0.4, -0.2) is 41.0 Å². The first-order valence-electron chi connectivity index (χ1n) is 8.84. The highest BCUT2D eigenvalue weighted by Gasteiger charge is 2.29. The van der Waals surface area contributed by atoms with Crippen LogP contribution in [0, 0.1) is 0 Å². The van der Waals surface area contributed by atoms with Crippen LogP contribution >= 0.6 is 0 Å². The number of fused-ring (bicyclic) bond motifs is 1. The van der Waals surface area contributed by atoms with Crippen molar-refractivity contribution in [2.24, 2.45) is 0 Å². The van der Waals surface area contributed by atoms with E-state index in [0.717, 1.165) is 17.2 Å². The fraction of sp³-hybridized carbons (Fsp3) is 0.316.